The number of piperidine rings is 1. The number of hydrogen-bond donors (Lipinski definition) is 1. The SMILES string of the molecule is CCNC(=NCc1scnc1C)N1CCCC(C(=O)OCC)C1.I. The van der Waals surface area contributed by atoms with Crippen molar-refractivity contribution in [1.29, 1.82) is 0 Å². The lowest BCUT2D eigenvalue weighted by Gasteiger charge is -2.34. The molecule has 2 heterocycles. The van der Waals surface area contributed by atoms with Crippen LogP contribution >= 0.6 is 35.3 Å². The largest absolute Gasteiger partial charge is 0.466 e. The summed E-state index contributed by atoms with van der Waals surface area (Å²) in [5.74, 6) is 0.721. The molecule has 0 aliphatic carbocycles. The fourth-order valence-electron chi connectivity index (χ4n) is 2.67. The lowest BCUT2D eigenvalue weighted by molar-refractivity contribution is -0.149. The van der Waals surface area contributed by atoms with Gasteiger partial charge in [-0.3, -0.25) is 4.79 Å². The van der Waals surface area contributed by atoms with Crippen LogP contribution in [0.25, 0.3) is 0 Å². The summed E-state index contributed by atoms with van der Waals surface area (Å²) in [6.07, 6.45) is 1.87. The van der Waals surface area contributed by atoms with Crippen molar-refractivity contribution < 1.29 is 9.53 Å². The number of nitrogens with one attached hydrogen (secondary N) is 1. The molecule has 0 bridgehead atoms. The third-order valence-corrected chi connectivity index (χ3v) is 4.81. The van der Waals surface area contributed by atoms with E-state index in [9.17, 15) is 4.79 Å². The van der Waals surface area contributed by atoms with E-state index < -0.39 is 0 Å². The van der Waals surface area contributed by atoms with E-state index in [2.05, 4.69) is 22.1 Å². The van der Waals surface area contributed by atoms with Gasteiger partial charge in [-0.1, -0.05) is 0 Å². The summed E-state index contributed by atoms with van der Waals surface area (Å²) in [5.41, 5.74) is 2.89. The maximum atomic E-state index is 12.0. The normalized spacial score (nSPS) is 18.0. The average molecular weight is 466 g/mol. The van der Waals surface area contributed by atoms with E-state index in [1.807, 2.05) is 19.4 Å². The van der Waals surface area contributed by atoms with Gasteiger partial charge < -0.3 is 15.0 Å². The number of esters is 1. The van der Waals surface area contributed by atoms with E-state index in [1.165, 1.54) is 4.88 Å². The lowest BCUT2D eigenvalue weighted by Crippen LogP contribution is -2.48. The maximum Gasteiger partial charge on any atom is 0.310 e. The number of likely N-dealkylation sites (tertiary alicyclic amines) is 1. The fraction of sp³-hybridized carbons (Fsp3) is 0.688. The van der Waals surface area contributed by atoms with Crippen molar-refractivity contribution >= 4 is 47.2 Å². The molecule has 1 aliphatic heterocycles. The molecule has 0 saturated carbocycles. The Kier molecular flexibility index (Phi) is 9.57. The molecule has 1 unspecified atom stereocenters. The zero-order valence-corrected chi connectivity index (χ0v) is 17.7. The van der Waals surface area contributed by atoms with Crippen molar-refractivity contribution in [3.63, 3.8) is 0 Å². The molecule has 1 saturated heterocycles. The number of aromatic nitrogens is 1. The number of ether oxygens (including phenoxy) is 1. The van der Waals surface area contributed by atoms with E-state index in [0.29, 0.717) is 19.7 Å². The second-order valence-corrected chi connectivity index (χ2v) is 6.51. The van der Waals surface area contributed by atoms with Gasteiger partial charge in [-0.25, -0.2) is 9.98 Å². The summed E-state index contributed by atoms with van der Waals surface area (Å²) in [4.78, 5) is 24.3. The maximum absolute atomic E-state index is 12.0. The molecule has 24 heavy (non-hydrogen) atoms. The molecule has 2 rings (SSSR count). The summed E-state index contributed by atoms with van der Waals surface area (Å²) < 4.78 is 5.17. The fourth-order valence-corrected chi connectivity index (χ4v) is 3.37. The van der Waals surface area contributed by atoms with Crippen LogP contribution in [0.2, 0.25) is 0 Å². The predicted molar refractivity (Wildman–Crippen MR) is 108 cm³/mol. The van der Waals surface area contributed by atoms with Crippen LogP contribution in [0.4, 0.5) is 0 Å². The second kappa shape index (κ2) is 10.9. The Morgan fingerprint density at radius 2 is 2.33 bits per heavy atom. The molecule has 1 atom stereocenters. The van der Waals surface area contributed by atoms with E-state index in [1.54, 1.807) is 11.3 Å². The van der Waals surface area contributed by atoms with Gasteiger partial charge in [0.05, 0.1) is 30.3 Å². The van der Waals surface area contributed by atoms with E-state index >= 15 is 0 Å². The van der Waals surface area contributed by atoms with Crippen molar-refractivity contribution in [1.82, 2.24) is 15.2 Å². The van der Waals surface area contributed by atoms with Gasteiger partial charge in [0.25, 0.3) is 0 Å². The highest BCUT2D eigenvalue weighted by molar-refractivity contribution is 14.0. The molecule has 0 spiro atoms. The Bertz CT molecular complexity index is 550. The second-order valence-electron chi connectivity index (χ2n) is 5.57. The first kappa shape index (κ1) is 21.1. The number of carbonyl (C=O) groups excluding carboxylic acids is 1. The molecule has 0 aromatic carbocycles. The van der Waals surface area contributed by atoms with Crippen molar-refractivity contribution in [2.45, 2.75) is 40.2 Å². The number of halogens is 1. The first-order valence-corrected chi connectivity index (χ1v) is 9.12. The van der Waals surface area contributed by atoms with Crippen LogP contribution in [0.3, 0.4) is 0 Å². The van der Waals surface area contributed by atoms with Gasteiger partial charge in [0, 0.05) is 24.5 Å². The minimum absolute atomic E-state index is 0. The van der Waals surface area contributed by atoms with Gasteiger partial charge in [-0.05, 0) is 33.6 Å². The molecular formula is C16H27IN4O2S. The third kappa shape index (κ3) is 5.87. The standard InChI is InChI=1S/C16H26N4O2S.HI/c1-4-17-16(18-9-14-12(3)19-11-23-14)20-8-6-7-13(10-20)15(21)22-5-2;/h11,13H,4-10H2,1-3H3,(H,17,18);1H. The molecule has 8 heteroatoms. The zero-order valence-electron chi connectivity index (χ0n) is 14.6. The molecule has 1 aromatic heterocycles. The van der Waals surface area contributed by atoms with Crippen LogP contribution in [-0.2, 0) is 16.1 Å². The van der Waals surface area contributed by atoms with Crippen LogP contribution in [0.1, 0.15) is 37.3 Å². The quantitative estimate of drug-likeness (QED) is 0.313. The van der Waals surface area contributed by atoms with E-state index in [0.717, 1.165) is 37.6 Å². The van der Waals surface area contributed by atoms with Crippen LogP contribution < -0.4 is 5.32 Å². The Hall–Kier alpha value is -0.900. The molecule has 1 aliphatic rings. The molecule has 0 amide bonds. The monoisotopic (exact) mass is 466 g/mol. The number of guanidine groups is 1. The van der Waals surface area contributed by atoms with E-state index in [4.69, 9.17) is 9.73 Å². The van der Waals surface area contributed by atoms with Crippen molar-refractivity contribution in [2.75, 3.05) is 26.2 Å². The van der Waals surface area contributed by atoms with Crippen molar-refractivity contribution in [2.24, 2.45) is 10.9 Å². The minimum atomic E-state index is -0.0913. The average Bonchev–Trinajstić information content (AvgIpc) is 2.97. The van der Waals surface area contributed by atoms with Gasteiger partial charge in [0.2, 0.25) is 0 Å². The highest BCUT2D eigenvalue weighted by atomic mass is 127. The Balaban J connectivity index is 0.00000288. The number of thiazole rings is 1. The van der Waals surface area contributed by atoms with Gasteiger partial charge in [-0.15, -0.1) is 35.3 Å². The summed E-state index contributed by atoms with van der Waals surface area (Å²) in [6.45, 7) is 9.37. The first-order valence-electron chi connectivity index (χ1n) is 8.24. The highest BCUT2D eigenvalue weighted by Crippen LogP contribution is 2.19. The molecule has 1 fully saturated rings. The molecule has 136 valence electrons. The summed E-state index contributed by atoms with van der Waals surface area (Å²) in [7, 11) is 0. The third-order valence-electron chi connectivity index (χ3n) is 3.89. The number of aliphatic imine (C=N–C) groups is 1. The Morgan fingerprint density at radius 1 is 1.54 bits per heavy atom. The minimum Gasteiger partial charge on any atom is -0.466 e. The summed E-state index contributed by atoms with van der Waals surface area (Å²) in [6, 6.07) is 0. The van der Waals surface area contributed by atoms with Gasteiger partial charge in [-0.2, -0.15) is 0 Å². The van der Waals surface area contributed by atoms with Crippen molar-refractivity contribution in [3.05, 3.63) is 16.1 Å². The number of nitrogens with zero attached hydrogens (tertiary/aromatic N) is 3. The predicted octanol–water partition coefficient (Wildman–Crippen LogP) is 2.81. The molecule has 6 nitrogen and oxygen atoms in total. The number of aryl methyl sites for hydroxylation is 1. The van der Waals surface area contributed by atoms with Gasteiger partial charge in [0.1, 0.15) is 0 Å². The Labute approximate surface area is 165 Å². The molecule has 1 aromatic rings. The van der Waals surface area contributed by atoms with Crippen LogP contribution in [0.15, 0.2) is 10.5 Å². The van der Waals surface area contributed by atoms with Crippen molar-refractivity contribution in [3.8, 4) is 0 Å². The zero-order chi connectivity index (χ0) is 16.7. The first-order chi connectivity index (χ1) is 11.2. The highest BCUT2D eigenvalue weighted by Gasteiger charge is 2.28. The van der Waals surface area contributed by atoms with Crippen LogP contribution in [0.5, 0.6) is 0 Å². The number of hydrogen-bond acceptors (Lipinski definition) is 5. The van der Waals surface area contributed by atoms with Crippen LogP contribution in [-0.4, -0.2) is 48.1 Å². The smallest absolute Gasteiger partial charge is 0.310 e. The number of carbonyl (C=O) groups is 1. The molecular weight excluding hydrogens is 439 g/mol. The Morgan fingerprint density at radius 3 is 2.96 bits per heavy atom. The summed E-state index contributed by atoms with van der Waals surface area (Å²) in [5, 5.41) is 3.33. The number of rotatable bonds is 5. The molecule has 1 N–H and O–H groups in total. The summed E-state index contributed by atoms with van der Waals surface area (Å²) >= 11 is 1.63. The van der Waals surface area contributed by atoms with Crippen LogP contribution in [0, 0.1) is 12.8 Å². The van der Waals surface area contributed by atoms with E-state index in [-0.39, 0.29) is 35.9 Å². The lowest BCUT2D eigenvalue weighted by atomic mass is 9.98. The van der Waals surface area contributed by atoms with Gasteiger partial charge >= 0.3 is 5.97 Å². The molecule has 0 radical (unpaired) electrons. The topological polar surface area (TPSA) is 66.8 Å². The van der Waals surface area contributed by atoms with Gasteiger partial charge in [0.15, 0.2) is 5.96 Å².